The molecule has 3 aromatic carbocycles. The van der Waals surface area contributed by atoms with E-state index >= 15 is 0 Å². The molecule has 0 bridgehead atoms. The maximum absolute atomic E-state index is 12.2. The van der Waals surface area contributed by atoms with Gasteiger partial charge in [-0.25, -0.2) is 0 Å². The zero-order valence-electron chi connectivity index (χ0n) is 15.6. The van der Waals surface area contributed by atoms with Crippen LogP contribution in [0.5, 0.6) is 0 Å². The predicted molar refractivity (Wildman–Crippen MR) is 114 cm³/mol. The van der Waals surface area contributed by atoms with Crippen LogP contribution in [0.4, 0.5) is 11.4 Å². The van der Waals surface area contributed by atoms with Crippen LogP contribution in [0.15, 0.2) is 77.7 Å². The SMILES string of the molecule is Cc1ccc(C(=O)CSc2ccc(NC(=O)c3ccc([N+](=O)[O-])cc3)cc2)cc1. The van der Waals surface area contributed by atoms with Gasteiger partial charge in [0, 0.05) is 33.8 Å². The lowest BCUT2D eigenvalue weighted by molar-refractivity contribution is -0.384. The molecule has 3 aromatic rings. The Balaban J connectivity index is 1.55. The highest BCUT2D eigenvalue weighted by Gasteiger charge is 2.10. The summed E-state index contributed by atoms with van der Waals surface area (Å²) < 4.78 is 0. The van der Waals surface area contributed by atoms with Crippen LogP contribution < -0.4 is 5.32 Å². The van der Waals surface area contributed by atoms with Gasteiger partial charge in [-0.05, 0) is 43.3 Å². The number of hydrogen-bond acceptors (Lipinski definition) is 5. The van der Waals surface area contributed by atoms with E-state index in [9.17, 15) is 19.7 Å². The molecule has 0 heterocycles. The van der Waals surface area contributed by atoms with E-state index in [0.29, 0.717) is 22.6 Å². The van der Waals surface area contributed by atoms with E-state index in [-0.39, 0.29) is 17.4 Å². The Kier molecular flexibility index (Phi) is 6.41. The number of anilines is 1. The molecule has 0 saturated heterocycles. The molecule has 0 aliphatic heterocycles. The zero-order chi connectivity index (χ0) is 20.8. The number of hydrogen-bond donors (Lipinski definition) is 1. The Labute approximate surface area is 172 Å². The Hall–Kier alpha value is -3.45. The van der Waals surface area contributed by atoms with Gasteiger partial charge < -0.3 is 5.32 Å². The average molecular weight is 406 g/mol. The third-order valence-corrected chi connectivity index (χ3v) is 5.21. The summed E-state index contributed by atoms with van der Waals surface area (Å²) >= 11 is 1.43. The number of non-ortho nitro benzene ring substituents is 1. The van der Waals surface area contributed by atoms with Crippen LogP contribution in [0, 0.1) is 17.0 Å². The first-order valence-electron chi connectivity index (χ1n) is 8.81. The molecular formula is C22H18N2O4S. The first-order valence-corrected chi connectivity index (χ1v) is 9.79. The van der Waals surface area contributed by atoms with Crippen LogP contribution in [0.3, 0.4) is 0 Å². The molecule has 0 aliphatic carbocycles. The highest BCUT2D eigenvalue weighted by Crippen LogP contribution is 2.22. The molecule has 0 aliphatic rings. The minimum atomic E-state index is -0.512. The molecule has 3 rings (SSSR count). The molecule has 7 heteroatoms. The fraction of sp³-hybridized carbons (Fsp3) is 0.0909. The monoisotopic (exact) mass is 406 g/mol. The fourth-order valence-electron chi connectivity index (χ4n) is 2.54. The number of rotatable bonds is 7. The van der Waals surface area contributed by atoms with Gasteiger partial charge in [0.15, 0.2) is 5.78 Å². The minimum absolute atomic E-state index is 0.0607. The van der Waals surface area contributed by atoms with Crippen molar-refractivity contribution < 1.29 is 14.5 Å². The molecule has 29 heavy (non-hydrogen) atoms. The largest absolute Gasteiger partial charge is 0.322 e. The molecule has 0 aromatic heterocycles. The number of benzene rings is 3. The molecule has 0 radical (unpaired) electrons. The number of nitrogens with zero attached hydrogens (tertiary/aromatic N) is 1. The van der Waals surface area contributed by atoms with Gasteiger partial charge in [0.1, 0.15) is 0 Å². The number of ketones is 1. The van der Waals surface area contributed by atoms with Gasteiger partial charge in [0.05, 0.1) is 10.7 Å². The van der Waals surface area contributed by atoms with Crippen molar-refractivity contribution in [1.82, 2.24) is 0 Å². The van der Waals surface area contributed by atoms with Gasteiger partial charge in [-0.3, -0.25) is 19.7 Å². The predicted octanol–water partition coefficient (Wildman–Crippen LogP) is 5.13. The van der Waals surface area contributed by atoms with E-state index in [4.69, 9.17) is 0 Å². The minimum Gasteiger partial charge on any atom is -0.322 e. The van der Waals surface area contributed by atoms with Crippen molar-refractivity contribution in [2.75, 3.05) is 11.1 Å². The third kappa shape index (κ3) is 5.52. The number of thioether (sulfide) groups is 1. The van der Waals surface area contributed by atoms with Crippen LogP contribution in [0.2, 0.25) is 0 Å². The second-order valence-electron chi connectivity index (χ2n) is 6.36. The second kappa shape index (κ2) is 9.16. The molecule has 1 N–H and O–H groups in total. The number of carbonyl (C=O) groups is 2. The van der Waals surface area contributed by atoms with Crippen LogP contribution >= 0.6 is 11.8 Å². The molecule has 0 saturated carbocycles. The number of Topliss-reactive ketones (excluding diaryl/α,β-unsaturated/α-hetero) is 1. The van der Waals surface area contributed by atoms with Crippen LogP contribution in [-0.2, 0) is 0 Å². The van der Waals surface area contributed by atoms with E-state index in [1.165, 1.54) is 36.0 Å². The highest BCUT2D eigenvalue weighted by molar-refractivity contribution is 8.00. The Morgan fingerprint density at radius 1 is 0.897 bits per heavy atom. The molecular weight excluding hydrogens is 388 g/mol. The van der Waals surface area contributed by atoms with E-state index in [1.807, 2.05) is 43.3 Å². The van der Waals surface area contributed by atoms with Crippen LogP contribution in [0.1, 0.15) is 26.3 Å². The Bertz CT molecular complexity index is 1030. The average Bonchev–Trinajstić information content (AvgIpc) is 2.73. The number of carbonyl (C=O) groups excluding carboxylic acids is 2. The normalized spacial score (nSPS) is 10.4. The maximum Gasteiger partial charge on any atom is 0.269 e. The number of amides is 1. The quantitative estimate of drug-likeness (QED) is 0.254. The summed E-state index contributed by atoms with van der Waals surface area (Å²) in [6.45, 7) is 1.98. The summed E-state index contributed by atoms with van der Waals surface area (Å²) in [5.41, 5.74) is 2.67. The van der Waals surface area contributed by atoms with Crippen molar-refractivity contribution in [3.8, 4) is 0 Å². The van der Waals surface area contributed by atoms with Gasteiger partial charge >= 0.3 is 0 Å². The van der Waals surface area contributed by atoms with Gasteiger partial charge in [0.25, 0.3) is 11.6 Å². The number of nitro benzene ring substituents is 1. The molecule has 0 unspecified atom stereocenters. The van der Waals surface area contributed by atoms with E-state index < -0.39 is 4.92 Å². The standard InChI is InChI=1S/C22H18N2O4S/c1-15-2-4-16(5-3-15)21(25)14-29-20-12-8-18(9-13-20)23-22(26)17-6-10-19(11-7-17)24(27)28/h2-13H,14H2,1H3,(H,23,26). The van der Waals surface area contributed by atoms with Gasteiger partial charge in [-0.2, -0.15) is 0 Å². The van der Waals surface area contributed by atoms with Crippen molar-refractivity contribution in [1.29, 1.82) is 0 Å². The smallest absolute Gasteiger partial charge is 0.269 e. The lowest BCUT2D eigenvalue weighted by Crippen LogP contribution is -2.11. The Morgan fingerprint density at radius 3 is 2.07 bits per heavy atom. The molecule has 0 spiro atoms. The lowest BCUT2D eigenvalue weighted by atomic mass is 10.1. The Morgan fingerprint density at radius 2 is 1.48 bits per heavy atom. The summed E-state index contributed by atoms with van der Waals surface area (Å²) in [7, 11) is 0. The zero-order valence-corrected chi connectivity index (χ0v) is 16.4. The van der Waals surface area contributed by atoms with Crippen molar-refractivity contribution in [3.63, 3.8) is 0 Å². The summed E-state index contributed by atoms with van der Waals surface area (Å²) in [4.78, 5) is 35.6. The van der Waals surface area contributed by atoms with E-state index in [2.05, 4.69) is 5.32 Å². The second-order valence-corrected chi connectivity index (χ2v) is 7.41. The van der Waals surface area contributed by atoms with Crippen LogP contribution in [-0.4, -0.2) is 22.4 Å². The number of nitrogens with one attached hydrogen (secondary N) is 1. The maximum atomic E-state index is 12.2. The molecule has 0 fully saturated rings. The number of nitro groups is 1. The molecule has 1 amide bonds. The summed E-state index contributed by atoms with van der Waals surface area (Å²) in [5.74, 6) is 0.0396. The number of aryl methyl sites for hydroxylation is 1. The van der Waals surface area contributed by atoms with E-state index in [0.717, 1.165) is 10.5 Å². The third-order valence-electron chi connectivity index (χ3n) is 4.20. The van der Waals surface area contributed by atoms with Crippen LogP contribution in [0.25, 0.3) is 0 Å². The molecule has 146 valence electrons. The van der Waals surface area contributed by atoms with Gasteiger partial charge in [-0.1, -0.05) is 29.8 Å². The van der Waals surface area contributed by atoms with Crippen molar-refractivity contribution >= 4 is 34.8 Å². The van der Waals surface area contributed by atoms with Crippen molar-refractivity contribution in [2.45, 2.75) is 11.8 Å². The fourth-order valence-corrected chi connectivity index (χ4v) is 3.34. The molecule has 0 atom stereocenters. The lowest BCUT2D eigenvalue weighted by Gasteiger charge is -2.07. The summed E-state index contributed by atoms with van der Waals surface area (Å²) in [6, 6.07) is 20.1. The van der Waals surface area contributed by atoms with Crippen molar-refractivity contribution in [2.24, 2.45) is 0 Å². The first kappa shape index (κ1) is 20.3. The van der Waals surface area contributed by atoms with Gasteiger partial charge in [0.2, 0.25) is 0 Å². The molecule has 6 nitrogen and oxygen atoms in total. The van der Waals surface area contributed by atoms with Crippen molar-refractivity contribution in [3.05, 3.63) is 99.6 Å². The summed E-state index contributed by atoms with van der Waals surface area (Å²) in [5, 5.41) is 13.4. The summed E-state index contributed by atoms with van der Waals surface area (Å²) in [6.07, 6.45) is 0. The van der Waals surface area contributed by atoms with E-state index in [1.54, 1.807) is 12.1 Å². The topological polar surface area (TPSA) is 89.3 Å². The first-order chi connectivity index (χ1) is 13.9. The highest BCUT2D eigenvalue weighted by atomic mass is 32.2. The van der Waals surface area contributed by atoms with Gasteiger partial charge in [-0.15, -0.1) is 11.8 Å².